The molecule has 0 aromatic heterocycles. The molecule has 1 saturated carbocycles. The van der Waals surface area contributed by atoms with Crippen molar-refractivity contribution < 1.29 is 9.84 Å². The Hall–Kier alpha value is -0.0800. The highest BCUT2D eigenvalue weighted by Gasteiger charge is 2.39. The third kappa shape index (κ3) is 0.501. The minimum atomic E-state index is -0.145. The van der Waals surface area contributed by atoms with E-state index in [0.717, 1.165) is 19.4 Å². The van der Waals surface area contributed by atoms with Crippen LogP contribution in [0, 0.1) is 5.92 Å². The molecule has 0 unspecified atom stereocenters. The lowest BCUT2D eigenvalue weighted by Crippen LogP contribution is -2.24. The van der Waals surface area contributed by atoms with Crippen molar-refractivity contribution >= 4 is 0 Å². The molecule has 2 rings (SSSR count). The van der Waals surface area contributed by atoms with E-state index in [9.17, 15) is 0 Å². The van der Waals surface area contributed by atoms with Crippen LogP contribution in [-0.4, -0.2) is 23.9 Å². The molecule has 0 radical (unpaired) electrons. The maximum Gasteiger partial charge on any atom is 0.0837 e. The second-order valence-corrected chi connectivity index (χ2v) is 2.78. The molecule has 2 aliphatic rings. The van der Waals surface area contributed by atoms with E-state index in [1.807, 2.05) is 0 Å². The van der Waals surface area contributed by atoms with Crippen molar-refractivity contribution in [1.82, 2.24) is 0 Å². The van der Waals surface area contributed by atoms with E-state index in [2.05, 4.69) is 0 Å². The predicted octanol–water partition coefficient (Wildman–Crippen LogP) is 0.156. The fraction of sp³-hybridized carbons (Fsp3) is 1.00. The minimum Gasteiger partial charge on any atom is -0.390 e. The molecule has 2 fully saturated rings. The van der Waals surface area contributed by atoms with Crippen LogP contribution in [0.5, 0.6) is 0 Å². The Labute approximate surface area is 48.5 Å². The molecule has 2 nitrogen and oxygen atoms in total. The number of rotatable bonds is 0. The Bertz CT molecular complexity index is 101. The van der Waals surface area contributed by atoms with Crippen LogP contribution in [0.1, 0.15) is 12.8 Å². The number of fused-ring (bicyclic) bond motifs is 2. The Balaban J connectivity index is 2.11. The van der Waals surface area contributed by atoms with Gasteiger partial charge in [-0.15, -0.1) is 0 Å². The van der Waals surface area contributed by atoms with Gasteiger partial charge < -0.3 is 9.84 Å². The van der Waals surface area contributed by atoms with Crippen LogP contribution in [0.15, 0.2) is 0 Å². The summed E-state index contributed by atoms with van der Waals surface area (Å²) in [5.74, 6) is 0.676. The number of hydrogen-bond donors (Lipinski definition) is 1. The van der Waals surface area contributed by atoms with Crippen LogP contribution in [0.3, 0.4) is 0 Å². The molecule has 1 saturated heterocycles. The summed E-state index contributed by atoms with van der Waals surface area (Å²) >= 11 is 0. The SMILES string of the molecule is O[C@H]1C[C@@H]2CO[C@H]1C2. The van der Waals surface area contributed by atoms with Crippen LogP contribution in [0.4, 0.5) is 0 Å². The van der Waals surface area contributed by atoms with E-state index in [1.54, 1.807) is 0 Å². The average Bonchev–Trinajstić information content (AvgIpc) is 2.23. The summed E-state index contributed by atoms with van der Waals surface area (Å²) in [4.78, 5) is 0. The van der Waals surface area contributed by atoms with E-state index < -0.39 is 0 Å². The highest BCUT2D eigenvalue weighted by molar-refractivity contribution is 4.88. The van der Waals surface area contributed by atoms with Crippen molar-refractivity contribution in [2.24, 2.45) is 5.92 Å². The quantitative estimate of drug-likeness (QED) is 0.486. The molecule has 0 aromatic rings. The summed E-state index contributed by atoms with van der Waals surface area (Å²) in [6.07, 6.45) is 2.12. The molecule has 2 heteroatoms. The van der Waals surface area contributed by atoms with Gasteiger partial charge in [-0.1, -0.05) is 0 Å². The monoisotopic (exact) mass is 114 g/mol. The molecule has 1 aliphatic heterocycles. The highest BCUT2D eigenvalue weighted by atomic mass is 16.5. The highest BCUT2D eigenvalue weighted by Crippen LogP contribution is 2.34. The van der Waals surface area contributed by atoms with E-state index in [1.165, 1.54) is 0 Å². The Morgan fingerprint density at radius 3 is 2.50 bits per heavy atom. The zero-order valence-electron chi connectivity index (χ0n) is 4.71. The van der Waals surface area contributed by atoms with Gasteiger partial charge in [0.2, 0.25) is 0 Å². The van der Waals surface area contributed by atoms with Gasteiger partial charge in [0.05, 0.1) is 18.8 Å². The second-order valence-electron chi connectivity index (χ2n) is 2.78. The molecule has 1 heterocycles. The van der Waals surface area contributed by atoms with Gasteiger partial charge in [0, 0.05) is 0 Å². The van der Waals surface area contributed by atoms with E-state index in [4.69, 9.17) is 9.84 Å². The molecule has 0 aromatic carbocycles. The summed E-state index contributed by atoms with van der Waals surface area (Å²) in [5.41, 5.74) is 0. The zero-order chi connectivity index (χ0) is 5.56. The standard InChI is InChI=1S/C6H10O2/c7-5-1-4-2-6(5)8-3-4/h4-7H,1-3H2/t4-,5-,6-/m0/s1. The van der Waals surface area contributed by atoms with Crippen molar-refractivity contribution in [1.29, 1.82) is 0 Å². The van der Waals surface area contributed by atoms with Crippen molar-refractivity contribution in [3.05, 3.63) is 0 Å². The summed E-state index contributed by atoms with van der Waals surface area (Å²) in [5, 5.41) is 9.09. The molecule has 0 spiro atoms. The number of aliphatic hydroxyl groups excluding tert-OH is 1. The van der Waals surface area contributed by atoms with Gasteiger partial charge >= 0.3 is 0 Å². The van der Waals surface area contributed by atoms with E-state index >= 15 is 0 Å². The van der Waals surface area contributed by atoms with Gasteiger partial charge in [-0.2, -0.15) is 0 Å². The fourth-order valence-corrected chi connectivity index (χ4v) is 1.65. The van der Waals surface area contributed by atoms with Gasteiger partial charge in [-0.25, -0.2) is 0 Å². The first-order chi connectivity index (χ1) is 3.86. The normalized spacial score (nSPS) is 52.9. The molecule has 0 amide bonds. The molecule has 46 valence electrons. The smallest absolute Gasteiger partial charge is 0.0837 e. The maximum atomic E-state index is 9.09. The lowest BCUT2D eigenvalue weighted by molar-refractivity contribution is -0.0233. The molecular weight excluding hydrogens is 104 g/mol. The van der Waals surface area contributed by atoms with E-state index in [0.29, 0.717) is 5.92 Å². The largest absolute Gasteiger partial charge is 0.390 e. The summed E-state index contributed by atoms with van der Waals surface area (Å²) in [6, 6.07) is 0. The average molecular weight is 114 g/mol. The van der Waals surface area contributed by atoms with Gasteiger partial charge in [0.25, 0.3) is 0 Å². The lowest BCUT2D eigenvalue weighted by Gasteiger charge is -2.15. The summed E-state index contributed by atoms with van der Waals surface area (Å²) < 4.78 is 5.21. The van der Waals surface area contributed by atoms with Crippen molar-refractivity contribution in [3.8, 4) is 0 Å². The first kappa shape index (κ1) is 4.77. The number of aliphatic hydroxyl groups is 1. The zero-order valence-corrected chi connectivity index (χ0v) is 4.71. The van der Waals surface area contributed by atoms with Gasteiger partial charge in [-0.05, 0) is 18.8 Å². The third-order valence-corrected chi connectivity index (χ3v) is 2.12. The Morgan fingerprint density at radius 2 is 2.25 bits per heavy atom. The minimum absolute atomic E-state index is 0.145. The molecule has 8 heavy (non-hydrogen) atoms. The van der Waals surface area contributed by atoms with E-state index in [-0.39, 0.29) is 12.2 Å². The van der Waals surface area contributed by atoms with Crippen LogP contribution in [-0.2, 0) is 4.74 Å². The second kappa shape index (κ2) is 1.45. The topological polar surface area (TPSA) is 29.5 Å². The predicted molar refractivity (Wildman–Crippen MR) is 28.5 cm³/mol. The lowest BCUT2D eigenvalue weighted by atomic mass is 10.1. The van der Waals surface area contributed by atoms with Crippen molar-refractivity contribution in [2.45, 2.75) is 25.0 Å². The maximum absolute atomic E-state index is 9.09. The Kier molecular flexibility index (Phi) is 0.866. The number of hydrogen-bond acceptors (Lipinski definition) is 2. The third-order valence-electron chi connectivity index (χ3n) is 2.12. The fourth-order valence-electron chi connectivity index (χ4n) is 1.65. The first-order valence-corrected chi connectivity index (χ1v) is 3.16. The number of ether oxygens (including phenoxy) is 1. The summed E-state index contributed by atoms with van der Waals surface area (Å²) in [7, 11) is 0. The summed E-state index contributed by atoms with van der Waals surface area (Å²) in [6.45, 7) is 0.891. The van der Waals surface area contributed by atoms with Crippen LogP contribution in [0.2, 0.25) is 0 Å². The van der Waals surface area contributed by atoms with Gasteiger partial charge in [0.15, 0.2) is 0 Å². The van der Waals surface area contributed by atoms with Crippen LogP contribution in [0.25, 0.3) is 0 Å². The first-order valence-electron chi connectivity index (χ1n) is 3.16. The van der Waals surface area contributed by atoms with Crippen LogP contribution < -0.4 is 0 Å². The van der Waals surface area contributed by atoms with Crippen molar-refractivity contribution in [3.63, 3.8) is 0 Å². The Morgan fingerprint density at radius 1 is 1.38 bits per heavy atom. The molecule has 1 aliphatic carbocycles. The van der Waals surface area contributed by atoms with Gasteiger partial charge in [0.1, 0.15) is 0 Å². The van der Waals surface area contributed by atoms with Crippen molar-refractivity contribution in [2.75, 3.05) is 6.61 Å². The van der Waals surface area contributed by atoms with Crippen LogP contribution >= 0.6 is 0 Å². The molecule has 1 N–H and O–H groups in total. The molecule has 2 bridgehead atoms. The molecule has 3 atom stereocenters. The van der Waals surface area contributed by atoms with Gasteiger partial charge in [-0.3, -0.25) is 0 Å². The molecular formula is C6H10O2.